The number of hydrogen-bond donors (Lipinski definition) is 0. The number of nitrogens with zero attached hydrogens (tertiary/aromatic N) is 1. The summed E-state index contributed by atoms with van der Waals surface area (Å²) in [7, 11) is 0. The van der Waals surface area contributed by atoms with E-state index in [1.807, 2.05) is 29.2 Å². The molecule has 0 spiro atoms. The van der Waals surface area contributed by atoms with Crippen LogP contribution in [-0.4, -0.2) is 23.9 Å². The van der Waals surface area contributed by atoms with Gasteiger partial charge in [0.25, 0.3) is 5.91 Å². The van der Waals surface area contributed by atoms with Crippen molar-refractivity contribution in [3.8, 4) is 10.4 Å². The Balaban J connectivity index is 1.89. The van der Waals surface area contributed by atoms with E-state index in [1.54, 1.807) is 11.3 Å². The zero-order chi connectivity index (χ0) is 12.4. The molecule has 1 aliphatic heterocycles. The predicted molar refractivity (Wildman–Crippen MR) is 74.9 cm³/mol. The minimum Gasteiger partial charge on any atom is -0.339 e. The van der Waals surface area contributed by atoms with Gasteiger partial charge in [-0.25, -0.2) is 0 Å². The summed E-state index contributed by atoms with van der Waals surface area (Å²) < 4.78 is 0. The van der Waals surface area contributed by atoms with Crippen molar-refractivity contribution in [1.82, 2.24) is 4.90 Å². The molecule has 92 valence electrons. The Morgan fingerprint density at radius 3 is 2.67 bits per heavy atom. The first-order chi connectivity index (χ1) is 8.84. The first-order valence-electron chi connectivity index (χ1n) is 6.28. The highest BCUT2D eigenvalue weighted by Crippen LogP contribution is 2.26. The number of likely N-dealkylation sites (tertiary alicyclic amines) is 1. The summed E-state index contributed by atoms with van der Waals surface area (Å²) in [5, 5.41) is 2.06. The number of rotatable bonds is 2. The van der Waals surface area contributed by atoms with Gasteiger partial charge in [0.1, 0.15) is 0 Å². The van der Waals surface area contributed by atoms with Gasteiger partial charge in [0.15, 0.2) is 0 Å². The van der Waals surface area contributed by atoms with Gasteiger partial charge in [-0.15, -0.1) is 11.3 Å². The smallest absolute Gasteiger partial charge is 0.253 e. The molecule has 0 N–H and O–H groups in total. The third-order valence-corrected chi connectivity index (χ3v) is 4.23. The van der Waals surface area contributed by atoms with E-state index in [4.69, 9.17) is 0 Å². The average molecular weight is 257 g/mol. The molecule has 1 aliphatic rings. The van der Waals surface area contributed by atoms with Gasteiger partial charge in [-0.3, -0.25) is 4.79 Å². The van der Waals surface area contributed by atoms with Crippen LogP contribution in [0.15, 0.2) is 41.8 Å². The minimum atomic E-state index is 0.172. The number of amides is 1. The van der Waals surface area contributed by atoms with E-state index in [0.717, 1.165) is 37.1 Å². The molecule has 2 nitrogen and oxygen atoms in total. The summed E-state index contributed by atoms with van der Waals surface area (Å²) in [4.78, 5) is 15.5. The number of carbonyl (C=O) groups is 1. The van der Waals surface area contributed by atoms with Gasteiger partial charge in [-0.2, -0.15) is 0 Å². The zero-order valence-corrected chi connectivity index (χ0v) is 11.0. The van der Waals surface area contributed by atoms with Crippen LogP contribution in [0, 0.1) is 0 Å². The van der Waals surface area contributed by atoms with Gasteiger partial charge in [0.05, 0.1) is 0 Å². The summed E-state index contributed by atoms with van der Waals surface area (Å²) in [6.07, 6.45) is 2.27. The summed E-state index contributed by atoms with van der Waals surface area (Å²) in [6, 6.07) is 12.1. The van der Waals surface area contributed by atoms with Crippen LogP contribution >= 0.6 is 11.3 Å². The van der Waals surface area contributed by atoms with Crippen LogP contribution in [0.1, 0.15) is 23.2 Å². The molecule has 1 aromatic carbocycles. The molecule has 0 radical (unpaired) electrons. The molecule has 1 fully saturated rings. The van der Waals surface area contributed by atoms with Gasteiger partial charge in [-0.05, 0) is 42.0 Å². The third kappa shape index (κ3) is 2.18. The largest absolute Gasteiger partial charge is 0.339 e. The van der Waals surface area contributed by atoms with E-state index in [1.165, 1.54) is 4.88 Å². The highest BCUT2D eigenvalue weighted by Gasteiger charge is 2.19. The highest BCUT2D eigenvalue weighted by atomic mass is 32.1. The first-order valence-corrected chi connectivity index (χ1v) is 7.16. The SMILES string of the molecule is O=C(c1cccc(-c2cccs2)c1)N1CCCC1. The van der Waals surface area contributed by atoms with Crippen LogP contribution in [-0.2, 0) is 0 Å². The Hall–Kier alpha value is -1.61. The molecule has 0 saturated carbocycles. The Labute approximate surface area is 111 Å². The van der Waals surface area contributed by atoms with Crippen molar-refractivity contribution in [2.24, 2.45) is 0 Å². The van der Waals surface area contributed by atoms with E-state index in [9.17, 15) is 4.79 Å². The van der Waals surface area contributed by atoms with Gasteiger partial charge in [-0.1, -0.05) is 18.2 Å². The zero-order valence-electron chi connectivity index (χ0n) is 10.1. The molecule has 3 heteroatoms. The minimum absolute atomic E-state index is 0.172. The normalized spacial score (nSPS) is 15.0. The monoisotopic (exact) mass is 257 g/mol. The second-order valence-corrected chi connectivity index (χ2v) is 5.51. The molecule has 2 heterocycles. The summed E-state index contributed by atoms with van der Waals surface area (Å²) in [5.41, 5.74) is 1.94. The fourth-order valence-electron chi connectivity index (χ4n) is 2.35. The summed E-state index contributed by atoms with van der Waals surface area (Å²) in [5.74, 6) is 0.172. The van der Waals surface area contributed by atoms with Crippen molar-refractivity contribution in [3.63, 3.8) is 0 Å². The molecule has 3 rings (SSSR count). The Morgan fingerprint density at radius 2 is 1.94 bits per heavy atom. The van der Waals surface area contributed by atoms with E-state index < -0.39 is 0 Å². The van der Waals surface area contributed by atoms with Crippen molar-refractivity contribution < 1.29 is 4.79 Å². The highest BCUT2D eigenvalue weighted by molar-refractivity contribution is 7.13. The molecule has 0 bridgehead atoms. The molecule has 1 amide bonds. The van der Waals surface area contributed by atoms with Crippen molar-refractivity contribution in [1.29, 1.82) is 0 Å². The average Bonchev–Trinajstić information content (AvgIpc) is 3.11. The summed E-state index contributed by atoms with van der Waals surface area (Å²) in [6.45, 7) is 1.81. The summed E-state index contributed by atoms with van der Waals surface area (Å²) >= 11 is 1.70. The van der Waals surface area contributed by atoms with Crippen molar-refractivity contribution >= 4 is 17.2 Å². The van der Waals surface area contributed by atoms with Crippen LogP contribution < -0.4 is 0 Å². The van der Waals surface area contributed by atoms with Gasteiger partial charge in [0.2, 0.25) is 0 Å². The van der Waals surface area contributed by atoms with E-state index in [2.05, 4.69) is 17.5 Å². The van der Waals surface area contributed by atoms with Gasteiger partial charge in [0, 0.05) is 23.5 Å². The lowest BCUT2D eigenvalue weighted by molar-refractivity contribution is 0.0793. The van der Waals surface area contributed by atoms with Gasteiger partial charge < -0.3 is 4.90 Å². The second-order valence-electron chi connectivity index (χ2n) is 4.56. The fraction of sp³-hybridized carbons (Fsp3) is 0.267. The first kappa shape index (κ1) is 11.5. The molecule has 18 heavy (non-hydrogen) atoms. The van der Waals surface area contributed by atoms with Crippen molar-refractivity contribution in [2.75, 3.05) is 13.1 Å². The van der Waals surface area contributed by atoms with Crippen LogP contribution in [0.3, 0.4) is 0 Å². The second kappa shape index (κ2) is 4.94. The van der Waals surface area contributed by atoms with Gasteiger partial charge >= 0.3 is 0 Å². The molecule has 2 aromatic rings. The maximum atomic E-state index is 12.3. The molecule has 0 aliphatic carbocycles. The predicted octanol–water partition coefficient (Wildman–Crippen LogP) is 3.65. The van der Waals surface area contributed by atoms with Crippen molar-refractivity contribution in [3.05, 3.63) is 47.3 Å². The number of thiophene rings is 1. The van der Waals surface area contributed by atoms with Crippen LogP contribution in [0.4, 0.5) is 0 Å². The standard InChI is InChI=1S/C15H15NOS/c17-15(16-8-1-2-9-16)13-6-3-5-12(11-13)14-7-4-10-18-14/h3-7,10-11H,1-2,8-9H2. The number of benzene rings is 1. The number of carbonyl (C=O) groups excluding carboxylic acids is 1. The lowest BCUT2D eigenvalue weighted by Crippen LogP contribution is -2.27. The molecule has 1 saturated heterocycles. The molecular weight excluding hydrogens is 242 g/mol. The maximum absolute atomic E-state index is 12.3. The van der Waals surface area contributed by atoms with E-state index in [0.29, 0.717) is 0 Å². The van der Waals surface area contributed by atoms with E-state index in [-0.39, 0.29) is 5.91 Å². The Bertz CT molecular complexity index is 541. The molecular formula is C15H15NOS. The van der Waals surface area contributed by atoms with Crippen molar-refractivity contribution in [2.45, 2.75) is 12.8 Å². The molecule has 0 atom stereocenters. The van der Waals surface area contributed by atoms with E-state index >= 15 is 0 Å². The fourth-order valence-corrected chi connectivity index (χ4v) is 3.08. The quantitative estimate of drug-likeness (QED) is 0.804. The lowest BCUT2D eigenvalue weighted by atomic mass is 10.1. The maximum Gasteiger partial charge on any atom is 0.253 e. The van der Waals surface area contributed by atoms with Crippen LogP contribution in [0.2, 0.25) is 0 Å². The third-order valence-electron chi connectivity index (χ3n) is 3.31. The lowest BCUT2D eigenvalue weighted by Gasteiger charge is -2.15. The van der Waals surface area contributed by atoms with Crippen LogP contribution in [0.5, 0.6) is 0 Å². The Kier molecular flexibility index (Phi) is 3.15. The number of hydrogen-bond acceptors (Lipinski definition) is 2. The Morgan fingerprint density at radius 1 is 1.11 bits per heavy atom. The molecule has 1 aromatic heterocycles. The topological polar surface area (TPSA) is 20.3 Å². The van der Waals surface area contributed by atoms with Crippen LogP contribution in [0.25, 0.3) is 10.4 Å². The molecule has 0 unspecified atom stereocenters.